The van der Waals surface area contributed by atoms with Crippen LogP contribution in [0.3, 0.4) is 0 Å². The predicted octanol–water partition coefficient (Wildman–Crippen LogP) is 3.41. The number of allylic oxidation sites excluding steroid dienone is 1. The van der Waals surface area contributed by atoms with Crippen molar-refractivity contribution in [2.45, 2.75) is 20.0 Å². The van der Waals surface area contributed by atoms with Crippen molar-refractivity contribution in [3.63, 3.8) is 0 Å². The average molecular weight is 405 g/mol. The highest BCUT2D eigenvalue weighted by molar-refractivity contribution is 6.08. The number of hydrogen-bond donors (Lipinski definition) is 2. The molecule has 0 atom stereocenters. The monoisotopic (exact) mass is 405 g/mol. The van der Waals surface area contributed by atoms with E-state index in [2.05, 4.69) is 6.58 Å². The summed E-state index contributed by atoms with van der Waals surface area (Å²) in [5.41, 5.74) is 8.14. The third kappa shape index (κ3) is 5.97. The van der Waals surface area contributed by atoms with Crippen LogP contribution in [-0.2, 0) is 17.8 Å². The van der Waals surface area contributed by atoms with Gasteiger partial charge in [-0.15, -0.1) is 6.58 Å². The Hall–Kier alpha value is -4.05. The highest BCUT2D eigenvalue weighted by atomic mass is 16.5. The smallest absolute Gasteiger partial charge is 0.319 e. The number of nitriles is 1. The average Bonchev–Trinajstić information content (AvgIpc) is 2.71. The van der Waals surface area contributed by atoms with Crippen LogP contribution in [0.2, 0.25) is 0 Å². The van der Waals surface area contributed by atoms with Crippen molar-refractivity contribution >= 4 is 18.0 Å². The zero-order valence-electron chi connectivity index (χ0n) is 16.9. The number of methoxy groups -OCH3 is 1. The first kappa shape index (κ1) is 22.2. The van der Waals surface area contributed by atoms with Gasteiger partial charge in [-0.05, 0) is 42.7 Å². The molecule has 154 valence electrons. The number of urea groups is 1. The lowest BCUT2D eigenvalue weighted by molar-refractivity contribution is -0.115. The minimum atomic E-state index is -1.04. The number of primary amides is 1. The number of nitrogens with zero attached hydrogens (tertiary/aromatic N) is 1. The van der Waals surface area contributed by atoms with Gasteiger partial charge >= 0.3 is 6.03 Å². The number of carbonyl (C=O) groups excluding carboxylic acids is 2. The number of ether oxygens (including phenoxy) is 2. The Morgan fingerprint density at radius 2 is 1.97 bits per heavy atom. The molecule has 3 amide bonds. The van der Waals surface area contributed by atoms with E-state index in [4.69, 9.17) is 15.2 Å². The topological polar surface area (TPSA) is 114 Å². The molecule has 0 unspecified atom stereocenters. The first-order valence-corrected chi connectivity index (χ1v) is 9.10. The second-order valence-corrected chi connectivity index (χ2v) is 6.47. The van der Waals surface area contributed by atoms with Crippen LogP contribution in [0.4, 0.5) is 4.79 Å². The van der Waals surface area contributed by atoms with E-state index in [1.165, 1.54) is 13.2 Å². The minimum absolute atomic E-state index is 0.270. The molecule has 7 nitrogen and oxygen atoms in total. The summed E-state index contributed by atoms with van der Waals surface area (Å²) in [6.45, 7) is 6.13. The van der Waals surface area contributed by atoms with E-state index in [1.54, 1.807) is 24.3 Å². The molecule has 0 aliphatic rings. The molecule has 0 aromatic heterocycles. The summed E-state index contributed by atoms with van der Waals surface area (Å²) < 4.78 is 11.5. The van der Waals surface area contributed by atoms with Gasteiger partial charge < -0.3 is 15.2 Å². The van der Waals surface area contributed by atoms with Gasteiger partial charge in [-0.2, -0.15) is 5.26 Å². The Kier molecular flexibility index (Phi) is 7.77. The van der Waals surface area contributed by atoms with Gasteiger partial charge in [0.2, 0.25) is 0 Å². The summed E-state index contributed by atoms with van der Waals surface area (Å²) in [4.78, 5) is 22.8. The molecule has 3 N–H and O–H groups in total. The molecular weight excluding hydrogens is 382 g/mol. The number of aryl methyl sites for hydroxylation is 1. The molecule has 2 aromatic rings. The molecule has 0 spiro atoms. The Balaban J connectivity index is 2.39. The van der Waals surface area contributed by atoms with E-state index >= 15 is 0 Å². The lowest BCUT2D eigenvalue weighted by atomic mass is 10.0. The van der Waals surface area contributed by atoms with Crippen LogP contribution in [0.15, 0.2) is 54.6 Å². The lowest BCUT2D eigenvalue weighted by Crippen LogP contribution is -2.35. The molecule has 7 heteroatoms. The predicted molar refractivity (Wildman–Crippen MR) is 114 cm³/mol. The maximum absolute atomic E-state index is 11.9. The number of hydrogen-bond acceptors (Lipinski definition) is 5. The Morgan fingerprint density at radius 1 is 1.27 bits per heavy atom. The number of nitrogens with one attached hydrogen (secondary N) is 1. The van der Waals surface area contributed by atoms with Crippen LogP contribution in [0.1, 0.15) is 22.3 Å². The summed E-state index contributed by atoms with van der Waals surface area (Å²) in [7, 11) is 1.50. The maximum Gasteiger partial charge on any atom is 0.319 e. The molecule has 0 heterocycles. The molecule has 0 aliphatic heterocycles. The van der Waals surface area contributed by atoms with Crippen LogP contribution in [0, 0.1) is 18.3 Å². The van der Waals surface area contributed by atoms with Crippen molar-refractivity contribution in [1.82, 2.24) is 5.32 Å². The number of rotatable bonds is 8. The molecular formula is C23H23N3O4. The number of carbonyl (C=O) groups is 2. The van der Waals surface area contributed by atoms with Crippen LogP contribution >= 0.6 is 0 Å². The van der Waals surface area contributed by atoms with Gasteiger partial charge in [0, 0.05) is 5.56 Å². The highest BCUT2D eigenvalue weighted by Crippen LogP contribution is 2.35. The first-order chi connectivity index (χ1) is 14.4. The molecule has 0 bridgehead atoms. The second kappa shape index (κ2) is 10.5. The Labute approximate surface area is 175 Å². The Morgan fingerprint density at radius 3 is 2.53 bits per heavy atom. The van der Waals surface area contributed by atoms with E-state index in [9.17, 15) is 14.9 Å². The van der Waals surface area contributed by atoms with Gasteiger partial charge in [0.1, 0.15) is 18.2 Å². The number of nitrogens with two attached hydrogens (primary N) is 1. The van der Waals surface area contributed by atoms with Crippen molar-refractivity contribution in [2.75, 3.05) is 7.11 Å². The van der Waals surface area contributed by atoms with E-state index < -0.39 is 11.9 Å². The summed E-state index contributed by atoms with van der Waals surface area (Å²) in [6.07, 6.45) is 3.54. The van der Waals surface area contributed by atoms with Gasteiger partial charge in [0.15, 0.2) is 11.5 Å². The van der Waals surface area contributed by atoms with Gasteiger partial charge in [-0.3, -0.25) is 10.1 Å². The van der Waals surface area contributed by atoms with Crippen molar-refractivity contribution in [2.24, 2.45) is 5.73 Å². The number of imide groups is 1. The molecule has 0 radical (unpaired) electrons. The van der Waals surface area contributed by atoms with E-state index in [-0.39, 0.29) is 5.57 Å². The minimum Gasteiger partial charge on any atom is -0.493 e. The SMILES string of the molecule is C=CCc1cc(/C=C(/C#N)C(=O)NC(N)=O)cc(OC)c1OCc1ccc(C)cc1. The number of amides is 3. The Bertz CT molecular complexity index is 1020. The molecule has 0 saturated carbocycles. The molecule has 0 fully saturated rings. The van der Waals surface area contributed by atoms with Gasteiger partial charge in [0.25, 0.3) is 5.91 Å². The zero-order valence-corrected chi connectivity index (χ0v) is 16.9. The van der Waals surface area contributed by atoms with Crippen molar-refractivity contribution < 1.29 is 19.1 Å². The summed E-state index contributed by atoms with van der Waals surface area (Å²) in [5, 5.41) is 11.1. The fourth-order valence-electron chi connectivity index (χ4n) is 2.72. The van der Waals surface area contributed by atoms with E-state index in [0.717, 1.165) is 16.7 Å². The summed E-state index contributed by atoms with van der Waals surface area (Å²) in [6, 6.07) is 12.1. The molecule has 2 aromatic carbocycles. The quantitative estimate of drug-likeness (QED) is 0.397. The molecule has 0 aliphatic carbocycles. The third-order valence-corrected chi connectivity index (χ3v) is 4.15. The fraction of sp³-hybridized carbons (Fsp3) is 0.174. The maximum atomic E-state index is 11.9. The van der Waals surface area contributed by atoms with Gasteiger partial charge in [0.05, 0.1) is 7.11 Å². The highest BCUT2D eigenvalue weighted by Gasteiger charge is 2.15. The second-order valence-electron chi connectivity index (χ2n) is 6.47. The molecule has 0 saturated heterocycles. The molecule has 2 rings (SSSR count). The van der Waals surface area contributed by atoms with Crippen molar-refractivity contribution in [3.05, 3.63) is 76.9 Å². The van der Waals surface area contributed by atoms with Gasteiger partial charge in [-0.25, -0.2) is 4.79 Å². The van der Waals surface area contributed by atoms with Crippen LogP contribution in [0.5, 0.6) is 11.5 Å². The van der Waals surface area contributed by atoms with Gasteiger partial charge in [-0.1, -0.05) is 35.9 Å². The standard InChI is InChI=1S/C23H23N3O4/c1-4-5-18-10-17(11-19(13-24)22(27)26-23(25)28)12-20(29-3)21(18)30-14-16-8-6-15(2)7-9-16/h4,6-12H,1,5,14H2,2-3H3,(H3,25,26,27,28)/b19-11-. The van der Waals surface area contributed by atoms with Crippen LogP contribution < -0.4 is 20.5 Å². The largest absolute Gasteiger partial charge is 0.493 e. The third-order valence-electron chi connectivity index (χ3n) is 4.15. The molecule has 30 heavy (non-hydrogen) atoms. The van der Waals surface area contributed by atoms with E-state index in [0.29, 0.717) is 30.1 Å². The summed E-state index contributed by atoms with van der Waals surface area (Å²) in [5.74, 6) is 0.115. The first-order valence-electron chi connectivity index (χ1n) is 9.10. The van der Waals surface area contributed by atoms with Crippen LogP contribution in [-0.4, -0.2) is 19.0 Å². The number of benzene rings is 2. The van der Waals surface area contributed by atoms with Crippen molar-refractivity contribution in [1.29, 1.82) is 5.26 Å². The fourth-order valence-corrected chi connectivity index (χ4v) is 2.72. The van der Waals surface area contributed by atoms with Crippen LogP contribution in [0.25, 0.3) is 6.08 Å². The zero-order chi connectivity index (χ0) is 22.1. The van der Waals surface area contributed by atoms with Crippen molar-refractivity contribution in [3.8, 4) is 17.6 Å². The lowest BCUT2D eigenvalue weighted by Gasteiger charge is -2.16. The van der Waals surface area contributed by atoms with E-state index in [1.807, 2.05) is 36.5 Å². The normalized spacial score (nSPS) is 10.6. The summed E-state index contributed by atoms with van der Waals surface area (Å²) >= 11 is 0.